The van der Waals surface area contributed by atoms with E-state index in [4.69, 9.17) is 9.84 Å². The molecule has 0 saturated carbocycles. The molecule has 1 aliphatic heterocycles. The fourth-order valence-corrected chi connectivity index (χ4v) is 2.92. The van der Waals surface area contributed by atoms with Crippen LogP contribution in [0.4, 0.5) is 4.39 Å². The number of nitrogens with zero attached hydrogens (tertiary/aromatic N) is 1. The predicted octanol–water partition coefficient (Wildman–Crippen LogP) is 2.55. The second-order valence-corrected chi connectivity index (χ2v) is 6.53. The zero-order chi connectivity index (χ0) is 17.2. The van der Waals surface area contributed by atoms with Crippen LogP contribution in [0, 0.1) is 17.7 Å². The van der Waals surface area contributed by atoms with Gasteiger partial charge in [-0.15, -0.1) is 0 Å². The van der Waals surface area contributed by atoms with Crippen molar-refractivity contribution < 1.29 is 23.8 Å². The lowest BCUT2D eigenvalue weighted by Gasteiger charge is -2.39. The van der Waals surface area contributed by atoms with E-state index in [1.807, 2.05) is 6.92 Å². The first kappa shape index (κ1) is 17.2. The van der Waals surface area contributed by atoms with E-state index in [0.717, 1.165) is 0 Å². The fraction of sp³-hybridized carbons (Fsp3) is 0.529. The van der Waals surface area contributed by atoms with Crippen LogP contribution in [0.5, 0.6) is 5.75 Å². The molecule has 1 saturated heterocycles. The molecular formula is C17H22FNO4. The Morgan fingerprint density at radius 3 is 2.43 bits per heavy atom. The van der Waals surface area contributed by atoms with Crippen molar-refractivity contribution in [2.24, 2.45) is 11.8 Å². The Balaban J connectivity index is 2.03. The van der Waals surface area contributed by atoms with Crippen LogP contribution < -0.4 is 4.74 Å². The van der Waals surface area contributed by atoms with Gasteiger partial charge in [-0.1, -0.05) is 6.92 Å². The second kappa shape index (κ2) is 6.56. The summed E-state index contributed by atoms with van der Waals surface area (Å²) in [5, 5.41) is 9.15. The Morgan fingerprint density at radius 1 is 1.30 bits per heavy atom. The van der Waals surface area contributed by atoms with Gasteiger partial charge >= 0.3 is 5.97 Å². The molecule has 2 rings (SSSR count). The van der Waals surface area contributed by atoms with Crippen LogP contribution in [0.25, 0.3) is 0 Å². The van der Waals surface area contributed by atoms with Gasteiger partial charge in [-0.25, -0.2) is 4.39 Å². The van der Waals surface area contributed by atoms with E-state index in [-0.39, 0.29) is 17.6 Å². The van der Waals surface area contributed by atoms with Gasteiger partial charge in [-0.2, -0.15) is 0 Å². The molecule has 0 bridgehead atoms. The lowest BCUT2D eigenvalue weighted by atomic mass is 9.86. The van der Waals surface area contributed by atoms with Crippen molar-refractivity contribution in [1.82, 2.24) is 4.90 Å². The summed E-state index contributed by atoms with van der Waals surface area (Å²) in [6, 6.07) is 5.50. The van der Waals surface area contributed by atoms with Gasteiger partial charge in [0.2, 0.25) is 0 Å². The highest BCUT2D eigenvalue weighted by Crippen LogP contribution is 2.27. The summed E-state index contributed by atoms with van der Waals surface area (Å²) in [5.41, 5.74) is -1.10. The number of ether oxygens (including phenoxy) is 1. The molecule has 1 fully saturated rings. The molecule has 6 heteroatoms. The van der Waals surface area contributed by atoms with Crippen LogP contribution in [0.3, 0.4) is 0 Å². The molecule has 1 amide bonds. The average Bonchev–Trinajstić information content (AvgIpc) is 2.48. The molecule has 126 valence electrons. The van der Waals surface area contributed by atoms with E-state index in [9.17, 15) is 14.0 Å². The van der Waals surface area contributed by atoms with Crippen LogP contribution in [-0.4, -0.2) is 40.6 Å². The third kappa shape index (κ3) is 4.00. The number of carboxylic acids is 1. The first-order valence-electron chi connectivity index (χ1n) is 7.67. The lowest BCUT2D eigenvalue weighted by Crippen LogP contribution is -2.53. The summed E-state index contributed by atoms with van der Waals surface area (Å²) >= 11 is 0. The molecule has 0 radical (unpaired) electrons. The highest BCUT2D eigenvalue weighted by atomic mass is 19.1. The quantitative estimate of drug-likeness (QED) is 0.925. The summed E-state index contributed by atoms with van der Waals surface area (Å²) in [6.45, 7) is 5.95. The maximum absolute atomic E-state index is 12.9. The number of halogens is 1. The number of benzene rings is 1. The third-order valence-electron chi connectivity index (χ3n) is 4.21. The maximum atomic E-state index is 12.9. The summed E-state index contributed by atoms with van der Waals surface area (Å²) in [4.78, 5) is 25.5. The van der Waals surface area contributed by atoms with Crippen molar-refractivity contribution in [3.8, 4) is 5.75 Å². The maximum Gasteiger partial charge on any atom is 0.306 e. The molecule has 1 aromatic carbocycles. The van der Waals surface area contributed by atoms with Gasteiger partial charge in [0.05, 0.1) is 5.92 Å². The number of likely N-dealkylation sites (tertiary alicyclic amines) is 1. The minimum Gasteiger partial charge on any atom is -0.481 e. The Kier molecular flexibility index (Phi) is 4.92. The van der Waals surface area contributed by atoms with Crippen molar-refractivity contribution >= 4 is 11.9 Å². The number of carbonyl (C=O) groups is 2. The molecule has 1 heterocycles. The van der Waals surface area contributed by atoms with Gasteiger partial charge in [-0.3, -0.25) is 9.59 Å². The Morgan fingerprint density at radius 2 is 1.91 bits per heavy atom. The van der Waals surface area contributed by atoms with E-state index in [2.05, 4.69) is 0 Å². The number of carboxylic acid groups (broad SMARTS) is 1. The van der Waals surface area contributed by atoms with Crippen molar-refractivity contribution in [2.45, 2.75) is 32.8 Å². The topological polar surface area (TPSA) is 66.8 Å². The molecule has 2 atom stereocenters. The van der Waals surface area contributed by atoms with Crippen LogP contribution >= 0.6 is 0 Å². The van der Waals surface area contributed by atoms with Gasteiger partial charge in [0.1, 0.15) is 11.6 Å². The van der Waals surface area contributed by atoms with Crippen LogP contribution in [0.2, 0.25) is 0 Å². The smallest absolute Gasteiger partial charge is 0.306 e. The van der Waals surface area contributed by atoms with E-state index in [1.54, 1.807) is 18.7 Å². The molecule has 0 spiro atoms. The molecule has 23 heavy (non-hydrogen) atoms. The molecule has 1 aromatic rings. The molecule has 1 aliphatic rings. The number of carbonyl (C=O) groups excluding carboxylic acids is 1. The largest absolute Gasteiger partial charge is 0.481 e. The highest BCUT2D eigenvalue weighted by Gasteiger charge is 2.39. The van der Waals surface area contributed by atoms with E-state index in [1.165, 1.54) is 24.3 Å². The van der Waals surface area contributed by atoms with Crippen molar-refractivity contribution in [3.63, 3.8) is 0 Å². The van der Waals surface area contributed by atoms with Crippen molar-refractivity contribution in [2.75, 3.05) is 13.1 Å². The molecule has 2 unspecified atom stereocenters. The lowest BCUT2D eigenvalue weighted by molar-refractivity contribution is -0.153. The normalized spacial score (nSPS) is 21.8. The highest BCUT2D eigenvalue weighted by molar-refractivity contribution is 5.85. The van der Waals surface area contributed by atoms with Gasteiger partial charge in [0, 0.05) is 13.1 Å². The van der Waals surface area contributed by atoms with Crippen LogP contribution in [-0.2, 0) is 9.59 Å². The van der Waals surface area contributed by atoms with Gasteiger partial charge < -0.3 is 14.7 Å². The molecular weight excluding hydrogens is 301 g/mol. The Bertz CT molecular complexity index is 585. The third-order valence-corrected chi connectivity index (χ3v) is 4.21. The van der Waals surface area contributed by atoms with Crippen molar-refractivity contribution in [1.29, 1.82) is 0 Å². The van der Waals surface area contributed by atoms with E-state index >= 15 is 0 Å². The fourth-order valence-electron chi connectivity index (χ4n) is 2.92. The first-order valence-corrected chi connectivity index (χ1v) is 7.67. The molecule has 1 N–H and O–H groups in total. The summed E-state index contributed by atoms with van der Waals surface area (Å²) in [7, 11) is 0. The van der Waals surface area contributed by atoms with Crippen LogP contribution in [0.15, 0.2) is 24.3 Å². The zero-order valence-electron chi connectivity index (χ0n) is 13.6. The zero-order valence-corrected chi connectivity index (χ0v) is 13.6. The summed E-state index contributed by atoms with van der Waals surface area (Å²) in [6.07, 6.45) is 0.439. The van der Waals surface area contributed by atoms with Crippen molar-refractivity contribution in [3.05, 3.63) is 30.1 Å². The molecule has 0 aromatic heterocycles. The Labute approximate surface area is 135 Å². The molecule has 0 aliphatic carbocycles. The molecule has 5 nitrogen and oxygen atoms in total. The van der Waals surface area contributed by atoms with Gasteiger partial charge in [0.25, 0.3) is 5.91 Å². The van der Waals surface area contributed by atoms with E-state index in [0.29, 0.717) is 25.3 Å². The summed E-state index contributed by atoms with van der Waals surface area (Å²) in [5.74, 6) is -1.49. The number of amides is 1. The van der Waals surface area contributed by atoms with E-state index < -0.39 is 17.5 Å². The standard InChI is InChI=1S/C17H22FNO4/c1-11-10-19(9-8-14(11)15(20)21)16(22)17(2,3)23-13-6-4-12(18)5-7-13/h4-7,11,14H,8-10H2,1-3H3,(H,20,21). The Hall–Kier alpha value is -2.11. The average molecular weight is 323 g/mol. The number of rotatable bonds is 4. The van der Waals surface area contributed by atoms with Gasteiger partial charge in [0.15, 0.2) is 5.60 Å². The number of hydrogen-bond donors (Lipinski definition) is 1. The minimum atomic E-state index is -1.10. The number of piperidine rings is 1. The monoisotopic (exact) mass is 323 g/mol. The number of hydrogen-bond acceptors (Lipinski definition) is 3. The first-order chi connectivity index (χ1) is 10.7. The second-order valence-electron chi connectivity index (χ2n) is 6.53. The summed E-state index contributed by atoms with van der Waals surface area (Å²) < 4.78 is 18.6. The predicted molar refractivity (Wildman–Crippen MR) is 82.6 cm³/mol. The SMILES string of the molecule is CC1CN(C(=O)C(C)(C)Oc2ccc(F)cc2)CCC1C(=O)O. The minimum absolute atomic E-state index is 0.105. The van der Waals surface area contributed by atoms with Crippen LogP contribution in [0.1, 0.15) is 27.2 Å². The van der Waals surface area contributed by atoms with Gasteiger partial charge in [-0.05, 0) is 50.5 Å². The number of aliphatic carboxylic acids is 1.